The molecule has 0 aliphatic heterocycles. The minimum Gasteiger partial charge on any atom is -0.300 e. The summed E-state index contributed by atoms with van der Waals surface area (Å²) in [6.07, 6.45) is 0. The Balaban J connectivity index is 0.000000845. The lowest BCUT2D eigenvalue weighted by atomic mass is 10.5. The van der Waals surface area contributed by atoms with Crippen LogP contribution in [0.3, 0.4) is 0 Å². The molecule has 0 aliphatic rings. The van der Waals surface area contributed by atoms with Gasteiger partial charge >= 0.3 is 11.4 Å². The van der Waals surface area contributed by atoms with Gasteiger partial charge in [0.15, 0.2) is 0 Å². The van der Waals surface area contributed by atoms with E-state index in [9.17, 15) is 14.4 Å². The summed E-state index contributed by atoms with van der Waals surface area (Å²) in [5.74, 6) is 0. The Hall–Kier alpha value is -1.62. The monoisotopic (exact) mass is 202 g/mol. The van der Waals surface area contributed by atoms with Gasteiger partial charge in [0, 0.05) is 0 Å². The van der Waals surface area contributed by atoms with Gasteiger partial charge < -0.3 is 0 Å². The molecule has 13 heavy (non-hydrogen) atoms. The summed E-state index contributed by atoms with van der Waals surface area (Å²) < 4.78 is 0. The van der Waals surface area contributed by atoms with E-state index >= 15 is 0 Å². The van der Waals surface area contributed by atoms with Crippen LogP contribution in [0.1, 0.15) is 0 Å². The highest BCUT2D eigenvalue weighted by Gasteiger charge is 2.02. The number of aromatic nitrogens is 4. The second-order valence-electron chi connectivity index (χ2n) is 2.24. The third kappa shape index (κ3) is 1.46. The number of hydrogen-bond acceptors (Lipinski definition) is 3. The summed E-state index contributed by atoms with van der Waals surface area (Å²) in [4.78, 5) is 41.0. The molecule has 7 nitrogen and oxygen atoms in total. The molecule has 4 N–H and O–H groups in total. The van der Waals surface area contributed by atoms with Crippen molar-refractivity contribution in [1.29, 1.82) is 0 Å². The molecular weight excluding hydrogens is 195 g/mol. The van der Waals surface area contributed by atoms with Gasteiger partial charge in [0.25, 0.3) is 5.56 Å². The van der Waals surface area contributed by atoms with Crippen molar-refractivity contribution in [2.75, 3.05) is 0 Å². The molecule has 0 spiro atoms. The van der Waals surface area contributed by atoms with Crippen LogP contribution in [0.4, 0.5) is 0 Å². The van der Waals surface area contributed by atoms with Crippen molar-refractivity contribution in [3.8, 4) is 0 Å². The van der Waals surface area contributed by atoms with Crippen LogP contribution < -0.4 is 16.9 Å². The van der Waals surface area contributed by atoms with Crippen LogP contribution in [0.2, 0.25) is 0 Å². The first-order valence-corrected chi connectivity index (χ1v) is 3.11. The van der Waals surface area contributed by atoms with Crippen molar-refractivity contribution in [1.82, 2.24) is 19.9 Å². The first-order chi connectivity index (χ1) is 5.66. The number of hydrogen-bond donors (Lipinski definition) is 4. The van der Waals surface area contributed by atoms with E-state index in [4.69, 9.17) is 0 Å². The van der Waals surface area contributed by atoms with Gasteiger partial charge in [-0.1, -0.05) is 0 Å². The average Bonchev–Trinajstić information content (AvgIpc) is 2.29. The third-order valence-electron chi connectivity index (χ3n) is 1.42. The smallest absolute Gasteiger partial charge is 0.300 e. The number of imidazole rings is 1. The Kier molecular flexibility index (Phi) is 2.20. The second kappa shape index (κ2) is 3.02. The zero-order valence-corrected chi connectivity index (χ0v) is 7.85. The number of aromatic amines is 4. The maximum absolute atomic E-state index is 10.9. The molecule has 1 atom stereocenters. The minimum absolute atomic E-state index is 0. The molecule has 2 aromatic heterocycles. The van der Waals surface area contributed by atoms with Crippen LogP contribution in [-0.4, -0.2) is 19.9 Å². The highest BCUT2D eigenvalue weighted by atomic mass is 31.0. The molecule has 70 valence electrons. The van der Waals surface area contributed by atoms with Crippen molar-refractivity contribution in [2.24, 2.45) is 0 Å². The van der Waals surface area contributed by atoms with Crippen LogP contribution in [-0.2, 0) is 0 Å². The Labute approximate surface area is 73.2 Å². The topological polar surface area (TPSA) is 114 Å². The van der Waals surface area contributed by atoms with Crippen molar-refractivity contribution in [3.05, 3.63) is 31.3 Å². The zero-order valence-electron chi connectivity index (χ0n) is 6.43. The summed E-state index contributed by atoms with van der Waals surface area (Å²) in [7, 11) is 0. The molecule has 0 amide bonds. The van der Waals surface area contributed by atoms with E-state index < -0.39 is 16.9 Å². The number of fused-ring (bicyclic) bond motifs is 1. The molecule has 1 unspecified atom stereocenters. The van der Waals surface area contributed by atoms with Gasteiger partial charge in [0.2, 0.25) is 0 Å². The molecule has 0 aromatic carbocycles. The van der Waals surface area contributed by atoms with E-state index in [0.29, 0.717) is 0 Å². The van der Waals surface area contributed by atoms with Gasteiger partial charge in [-0.2, -0.15) is 9.90 Å². The maximum Gasteiger partial charge on any atom is 0.327 e. The van der Waals surface area contributed by atoms with Gasteiger partial charge in [0.1, 0.15) is 11.2 Å². The number of H-pyrrole nitrogens is 4. The van der Waals surface area contributed by atoms with E-state index in [1.807, 2.05) is 4.98 Å². The molecule has 8 heteroatoms. The summed E-state index contributed by atoms with van der Waals surface area (Å²) >= 11 is 0. The SMILES string of the molecule is O=c1[nH]c(=O)c2[nH]c(=O)[nH]c2[nH]1.P. The lowest BCUT2D eigenvalue weighted by Crippen LogP contribution is -2.21. The summed E-state index contributed by atoms with van der Waals surface area (Å²) in [6, 6.07) is 0. The van der Waals surface area contributed by atoms with Gasteiger partial charge in [-0.15, -0.1) is 0 Å². The molecule has 0 radical (unpaired) electrons. The Morgan fingerprint density at radius 3 is 1.92 bits per heavy atom. The van der Waals surface area contributed by atoms with E-state index in [2.05, 4.69) is 15.0 Å². The summed E-state index contributed by atoms with van der Waals surface area (Å²) in [5, 5.41) is 0. The molecule has 0 fully saturated rings. The number of nitrogens with one attached hydrogen (secondary N) is 4. The molecule has 0 bridgehead atoms. The predicted molar refractivity (Wildman–Crippen MR) is 51.3 cm³/mol. The van der Waals surface area contributed by atoms with Crippen LogP contribution in [0.15, 0.2) is 14.4 Å². The van der Waals surface area contributed by atoms with Crippen LogP contribution in [0.5, 0.6) is 0 Å². The van der Waals surface area contributed by atoms with Gasteiger partial charge in [0.05, 0.1) is 0 Å². The van der Waals surface area contributed by atoms with Crippen LogP contribution in [0, 0.1) is 0 Å². The van der Waals surface area contributed by atoms with Crippen molar-refractivity contribution >= 4 is 21.1 Å². The quantitative estimate of drug-likeness (QED) is 0.381. The van der Waals surface area contributed by atoms with Crippen molar-refractivity contribution in [2.45, 2.75) is 0 Å². The normalized spacial score (nSPS) is 9.85. The lowest BCUT2D eigenvalue weighted by molar-refractivity contribution is 1.07. The van der Waals surface area contributed by atoms with E-state index in [0.717, 1.165) is 0 Å². The van der Waals surface area contributed by atoms with Crippen LogP contribution >= 0.6 is 9.90 Å². The highest BCUT2D eigenvalue weighted by molar-refractivity contribution is 6.92. The summed E-state index contributed by atoms with van der Waals surface area (Å²) in [6.45, 7) is 0. The highest BCUT2D eigenvalue weighted by Crippen LogP contribution is 1.88. The van der Waals surface area contributed by atoms with Crippen LogP contribution in [0.25, 0.3) is 11.2 Å². The lowest BCUT2D eigenvalue weighted by Gasteiger charge is -1.83. The molecule has 2 rings (SSSR count). The van der Waals surface area contributed by atoms with E-state index in [1.54, 1.807) is 0 Å². The fourth-order valence-corrected chi connectivity index (χ4v) is 0.958. The molecule has 0 saturated heterocycles. The summed E-state index contributed by atoms with van der Waals surface area (Å²) in [5.41, 5.74) is -1.65. The first kappa shape index (κ1) is 9.47. The molecule has 2 heterocycles. The maximum atomic E-state index is 10.9. The predicted octanol–water partition coefficient (Wildman–Crippen LogP) is -1.71. The third-order valence-corrected chi connectivity index (χ3v) is 1.42. The largest absolute Gasteiger partial charge is 0.327 e. The Bertz CT molecular complexity index is 588. The van der Waals surface area contributed by atoms with Gasteiger partial charge in [-0.3, -0.25) is 24.7 Å². The van der Waals surface area contributed by atoms with Gasteiger partial charge in [-0.05, 0) is 0 Å². The van der Waals surface area contributed by atoms with E-state index in [1.165, 1.54) is 0 Å². The molecule has 2 aromatic rings. The fourth-order valence-electron chi connectivity index (χ4n) is 0.958. The minimum atomic E-state index is -0.650. The zero-order chi connectivity index (χ0) is 8.72. The second-order valence-corrected chi connectivity index (χ2v) is 2.24. The van der Waals surface area contributed by atoms with E-state index in [-0.39, 0.29) is 21.1 Å². The van der Waals surface area contributed by atoms with Crippen molar-refractivity contribution < 1.29 is 0 Å². The first-order valence-electron chi connectivity index (χ1n) is 3.11. The fraction of sp³-hybridized carbons (Fsp3) is 0. The molecule has 0 saturated carbocycles. The Morgan fingerprint density at radius 2 is 1.31 bits per heavy atom. The van der Waals surface area contributed by atoms with Gasteiger partial charge in [-0.25, -0.2) is 9.59 Å². The molecule has 0 aliphatic carbocycles. The molecular formula is C5H7N4O3P. The number of rotatable bonds is 0. The standard InChI is InChI=1S/C5H4N4O3.H3P/c10-3-1-2(7-4(11)6-1)8-5(12)9-3;/h(H4,6,7,8,9,10,11,12);1H3. The Morgan fingerprint density at radius 1 is 0.769 bits per heavy atom. The average molecular weight is 202 g/mol. The van der Waals surface area contributed by atoms with Crippen molar-refractivity contribution in [3.63, 3.8) is 0 Å².